The molecule has 1 saturated carbocycles. The maximum Gasteiger partial charge on any atom is 0.119 e. The molecule has 0 radical (unpaired) electrons. The van der Waals surface area contributed by atoms with Crippen molar-refractivity contribution in [3.05, 3.63) is 54.7 Å². The third kappa shape index (κ3) is 4.03. The monoisotopic (exact) mass is 362 g/mol. The lowest BCUT2D eigenvalue weighted by Gasteiger charge is -2.31. The molecule has 1 fully saturated rings. The second kappa shape index (κ2) is 8.18. The zero-order chi connectivity index (χ0) is 18.6. The van der Waals surface area contributed by atoms with Gasteiger partial charge in [0, 0.05) is 30.8 Å². The number of hydrogen-bond donors (Lipinski definition) is 0. The van der Waals surface area contributed by atoms with Crippen molar-refractivity contribution in [2.45, 2.75) is 44.7 Å². The molecule has 0 spiro atoms. The molecular formula is C24H30N2O. The third-order valence-electron chi connectivity index (χ3n) is 6.07. The first-order chi connectivity index (χ1) is 13.2. The van der Waals surface area contributed by atoms with Gasteiger partial charge in [0.1, 0.15) is 5.75 Å². The van der Waals surface area contributed by atoms with Gasteiger partial charge in [-0.1, -0.05) is 43.5 Å². The number of aromatic nitrogens is 1. The second-order valence-electron chi connectivity index (χ2n) is 7.79. The predicted molar refractivity (Wildman–Crippen MR) is 113 cm³/mol. The largest absolute Gasteiger partial charge is 0.497 e. The highest BCUT2D eigenvalue weighted by molar-refractivity contribution is 5.85. The van der Waals surface area contributed by atoms with Gasteiger partial charge in [-0.15, -0.1) is 0 Å². The van der Waals surface area contributed by atoms with E-state index in [2.05, 4.69) is 65.2 Å². The van der Waals surface area contributed by atoms with Crippen molar-refractivity contribution in [2.24, 2.45) is 0 Å². The van der Waals surface area contributed by atoms with Crippen molar-refractivity contribution >= 4 is 10.9 Å². The molecule has 3 aromatic rings. The second-order valence-corrected chi connectivity index (χ2v) is 7.79. The summed E-state index contributed by atoms with van der Waals surface area (Å²) in [6.45, 7) is 2.15. The van der Waals surface area contributed by atoms with Crippen LogP contribution in [0.2, 0.25) is 0 Å². The predicted octanol–water partition coefficient (Wildman–Crippen LogP) is 5.58. The molecule has 1 heterocycles. The summed E-state index contributed by atoms with van der Waals surface area (Å²) in [6, 6.07) is 18.0. The highest BCUT2D eigenvalue weighted by Gasteiger charge is 2.17. The van der Waals surface area contributed by atoms with Crippen LogP contribution in [-0.4, -0.2) is 36.2 Å². The zero-order valence-electron chi connectivity index (χ0n) is 16.5. The molecule has 4 rings (SSSR count). The van der Waals surface area contributed by atoms with Gasteiger partial charge in [-0.05, 0) is 60.7 Å². The number of ether oxygens (including phenoxy) is 1. The average molecular weight is 363 g/mol. The number of hydrogen-bond acceptors (Lipinski definition) is 2. The third-order valence-corrected chi connectivity index (χ3v) is 6.07. The highest BCUT2D eigenvalue weighted by Crippen LogP contribution is 2.28. The lowest BCUT2D eigenvalue weighted by molar-refractivity contribution is 0.186. The lowest BCUT2D eigenvalue weighted by atomic mass is 9.94. The molecule has 1 aliphatic carbocycles. The minimum absolute atomic E-state index is 0.771. The van der Waals surface area contributed by atoms with Gasteiger partial charge in [0.25, 0.3) is 0 Å². The molecule has 0 aliphatic heterocycles. The molecule has 142 valence electrons. The molecule has 0 atom stereocenters. The van der Waals surface area contributed by atoms with E-state index < -0.39 is 0 Å². The fraction of sp³-hybridized carbons (Fsp3) is 0.417. The minimum atomic E-state index is 0.771. The maximum atomic E-state index is 5.38. The van der Waals surface area contributed by atoms with Crippen LogP contribution in [0.4, 0.5) is 0 Å². The van der Waals surface area contributed by atoms with Crippen LogP contribution in [0.15, 0.2) is 54.7 Å². The number of rotatable bonds is 6. The molecule has 0 N–H and O–H groups in total. The van der Waals surface area contributed by atoms with E-state index in [1.165, 1.54) is 54.1 Å². The smallest absolute Gasteiger partial charge is 0.119 e. The van der Waals surface area contributed by atoms with Gasteiger partial charge in [0.05, 0.1) is 7.11 Å². The fourth-order valence-electron chi connectivity index (χ4n) is 4.33. The summed E-state index contributed by atoms with van der Waals surface area (Å²) in [4.78, 5) is 2.57. The SMILES string of the molecule is COc1cccc(-c2ccc3ccn(CCN(C)C4CCCCC4)c3c2)c1. The van der Waals surface area contributed by atoms with E-state index in [0.717, 1.165) is 24.9 Å². The number of methoxy groups -OCH3 is 1. The van der Waals surface area contributed by atoms with Gasteiger partial charge in [-0.3, -0.25) is 0 Å². The highest BCUT2D eigenvalue weighted by atomic mass is 16.5. The minimum Gasteiger partial charge on any atom is -0.497 e. The molecule has 0 bridgehead atoms. The molecule has 2 aromatic carbocycles. The van der Waals surface area contributed by atoms with E-state index in [1.54, 1.807) is 7.11 Å². The summed E-state index contributed by atoms with van der Waals surface area (Å²) < 4.78 is 7.79. The van der Waals surface area contributed by atoms with E-state index in [0.29, 0.717) is 0 Å². The van der Waals surface area contributed by atoms with Crippen LogP contribution in [0.1, 0.15) is 32.1 Å². The summed E-state index contributed by atoms with van der Waals surface area (Å²) >= 11 is 0. The summed E-state index contributed by atoms with van der Waals surface area (Å²) in [5.41, 5.74) is 3.75. The van der Waals surface area contributed by atoms with E-state index in [1.807, 2.05) is 6.07 Å². The molecular weight excluding hydrogens is 332 g/mol. The number of nitrogens with zero attached hydrogens (tertiary/aromatic N) is 2. The Labute approximate surface area is 162 Å². The molecule has 1 aliphatic rings. The van der Waals surface area contributed by atoms with Crippen molar-refractivity contribution in [2.75, 3.05) is 20.7 Å². The maximum absolute atomic E-state index is 5.38. The molecule has 27 heavy (non-hydrogen) atoms. The van der Waals surface area contributed by atoms with Gasteiger partial charge in [-0.2, -0.15) is 0 Å². The van der Waals surface area contributed by atoms with Crippen molar-refractivity contribution in [3.63, 3.8) is 0 Å². The Balaban J connectivity index is 1.53. The Bertz CT molecular complexity index is 892. The van der Waals surface area contributed by atoms with Crippen LogP contribution in [-0.2, 0) is 6.54 Å². The van der Waals surface area contributed by atoms with Crippen molar-refractivity contribution in [3.8, 4) is 16.9 Å². The van der Waals surface area contributed by atoms with Crippen LogP contribution in [0.5, 0.6) is 5.75 Å². The first-order valence-electron chi connectivity index (χ1n) is 10.2. The Morgan fingerprint density at radius 1 is 1.00 bits per heavy atom. The topological polar surface area (TPSA) is 17.4 Å². The molecule has 0 amide bonds. The molecule has 3 nitrogen and oxygen atoms in total. The first-order valence-corrected chi connectivity index (χ1v) is 10.2. The molecule has 0 saturated heterocycles. The standard InChI is InChI=1S/C24H30N2O/c1-25(22-8-4-3-5-9-22)15-16-26-14-13-19-11-12-21(18-24(19)26)20-7-6-10-23(17-20)27-2/h6-7,10-14,17-18,22H,3-5,8-9,15-16H2,1-2H3. The molecule has 1 aromatic heterocycles. The normalized spacial score (nSPS) is 15.5. The summed E-state index contributed by atoms with van der Waals surface area (Å²) in [6.07, 6.45) is 9.16. The first kappa shape index (κ1) is 18.1. The Morgan fingerprint density at radius 3 is 2.63 bits per heavy atom. The van der Waals surface area contributed by atoms with E-state index in [-0.39, 0.29) is 0 Å². The average Bonchev–Trinajstić information content (AvgIpc) is 3.15. The van der Waals surface area contributed by atoms with E-state index in [9.17, 15) is 0 Å². The van der Waals surface area contributed by atoms with Crippen molar-refractivity contribution in [1.82, 2.24) is 9.47 Å². The van der Waals surface area contributed by atoms with Crippen LogP contribution in [0.25, 0.3) is 22.0 Å². The Morgan fingerprint density at radius 2 is 1.81 bits per heavy atom. The number of fused-ring (bicyclic) bond motifs is 1. The summed E-state index contributed by atoms with van der Waals surface area (Å²) in [5, 5.41) is 1.31. The number of likely N-dealkylation sites (N-methyl/N-ethyl adjacent to an activating group) is 1. The van der Waals surface area contributed by atoms with Gasteiger partial charge in [0.15, 0.2) is 0 Å². The quantitative estimate of drug-likeness (QED) is 0.569. The van der Waals surface area contributed by atoms with Gasteiger partial charge >= 0.3 is 0 Å². The van der Waals surface area contributed by atoms with Crippen molar-refractivity contribution < 1.29 is 4.74 Å². The lowest BCUT2D eigenvalue weighted by Crippen LogP contribution is -2.35. The van der Waals surface area contributed by atoms with Gasteiger partial charge < -0.3 is 14.2 Å². The molecule has 3 heteroatoms. The Hall–Kier alpha value is -2.26. The van der Waals surface area contributed by atoms with Crippen LogP contribution < -0.4 is 4.74 Å². The van der Waals surface area contributed by atoms with Crippen LogP contribution in [0.3, 0.4) is 0 Å². The van der Waals surface area contributed by atoms with Crippen LogP contribution in [0, 0.1) is 0 Å². The zero-order valence-corrected chi connectivity index (χ0v) is 16.5. The number of benzene rings is 2. The molecule has 0 unspecified atom stereocenters. The summed E-state index contributed by atoms with van der Waals surface area (Å²) in [7, 11) is 4.01. The Kier molecular flexibility index (Phi) is 5.49. The van der Waals surface area contributed by atoms with Gasteiger partial charge in [-0.25, -0.2) is 0 Å². The van der Waals surface area contributed by atoms with E-state index >= 15 is 0 Å². The van der Waals surface area contributed by atoms with E-state index in [4.69, 9.17) is 4.74 Å². The summed E-state index contributed by atoms with van der Waals surface area (Å²) in [5.74, 6) is 0.900. The fourth-order valence-corrected chi connectivity index (χ4v) is 4.33. The van der Waals surface area contributed by atoms with Gasteiger partial charge in [0.2, 0.25) is 0 Å². The van der Waals surface area contributed by atoms with Crippen molar-refractivity contribution in [1.29, 1.82) is 0 Å². The van der Waals surface area contributed by atoms with Crippen LogP contribution >= 0.6 is 0 Å².